The lowest BCUT2D eigenvalue weighted by Gasteiger charge is -2.09. The van der Waals surface area contributed by atoms with Gasteiger partial charge in [-0.05, 0) is 54.0 Å². The van der Waals surface area contributed by atoms with Crippen LogP contribution >= 0.6 is 0 Å². The molecule has 1 heterocycles. The monoisotopic (exact) mass is 400 g/mol. The van der Waals surface area contributed by atoms with Gasteiger partial charge < -0.3 is 20.9 Å². The van der Waals surface area contributed by atoms with Gasteiger partial charge in [0.25, 0.3) is 5.91 Å². The Labute approximate surface area is 173 Å². The molecular weight excluding hydrogens is 380 g/mol. The average molecular weight is 400 g/mol. The van der Waals surface area contributed by atoms with Gasteiger partial charge in [0.2, 0.25) is 0 Å². The molecule has 150 valence electrons. The van der Waals surface area contributed by atoms with Crippen LogP contribution in [-0.2, 0) is 16.0 Å². The molecule has 6 nitrogen and oxygen atoms in total. The maximum absolute atomic E-state index is 12.2. The smallest absolute Gasteiger partial charge is 0.320 e. The first-order chi connectivity index (χ1) is 14.5. The molecule has 1 aliphatic heterocycles. The molecule has 0 spiro atoms. The minimum absolute atomic E-state index is 0.112. The SMILES string of the molecule is N[C@@H](Cc1ccc(Oc2ccc(C=C3C(=O)Nc4ccccc43)cc2)cc1)C(=O)O. The van der Waals surface area contributed by atoms with E-state index in [9.17, 15) is 9.59 Å². The molecule has 6 heteroatoms. The molecule has 30 heavy (non-hydrogen) atoms. The number of amides is 1. The Balaban J connectivity index is 1.44. The highest BCUT2D eigenvalue weighted by atomic mass is 16.5. The van der Waals surface area contributed by atoms with Gasteiger partial charge in [0, 0.05) is 16.8 Å². The minimum Gasteiger partial charge on any atom is -0.480 e. The summed E-state index contributed by atoms with van der Waals surface area (Å²) in [5, 5.41) is 11.8. The van der Waals surface area contributed by atoms with E-state index in [1.807, 2.05) is 54.6 Å². The molecule has 0 radical (unpaired) electrons. The Morgan fingerprint density at radius 2 is 1.63 bits per heavy atom. The number of carbonyl (C=O) groups excluding carboxylic acids is 1. The lowest BCUT2D eigenvalue weighted by atomic mass is 10.0. The molecular formula is C24H20N2O4. The first kappa shape index (κ1) is 19.4. The number of carboxylic acids is 1. The van der Waals surface area contributed by atoms with Crippen molar-refractivity contribution < 1.29 is 19.4 Å². The predicted octanol–water partition coefficient (Wildman–Crippen LogP) is 3.93. The second kappa shape index (κ2) is 8.23. The molecule has 4 rings (SSSR count). The van der Waals surface area contributed by atoms with Crippen molar-refractivity contribution in [2.75, 3.05) is 5.32 Å². The fourth-order valence-corrected chi connectivity index (χ4v) is 3.25. The summed E-state index contributed by atoms with van der Waals surface area (Å²) < 4.78 is 5.84. The zero-order chi connectivity index (χ0) is 21.1. The number of hydrogen-bond donors (Lipinski definition) is 3. The molecule has 0 unspecified atom stereocenters. The summed E-state index contributed by atoms with van der Waals surface area (Å²) in [6, 6.07) is 21.3. The van der Waals surface area contributed by atoms with Crippen molar-refractivity contribution in [1.82, 2.24) is 0 Å². The molecule has 0 bridgehead atoms. The summed E-state index contributed by atoms with van der Waals surface area (Å²) in [6.07, 6.45) is 2.11. The first-order valence-electron chi connectivity index (χ1n) is 9.47. The van der Waals surface area contributed by atoms with E-state index >= 15 is 0 Å². The fraction of sp³-hybridized carbons (Fsp3) is 0.0833. The van der Waals surface area contributed by atoms with Gasteiger partial charge >= 0.3 is 5.97 Å². The van der Waals surface area contributed by atoms with E-state index in [1.54, 1.807) is 24.3 Å². The summed E-state index contributed by atoms with van der Waals surface area (Å²) in [4.78, 5) is 23.1. The molecule has 0 saturated carbocycles. The van der Waals surface area contributed by atoms with Crippen LogP contribution in [0.2, 0.25) is 0 Å². The Morgan fingerprint density at radius 1 is 1.00 bits per heavy atom. The number of anilines is 1. The zero-order valence-corrected chi connectivity index (χ0v) is 16.0. The van der Waals surface area contributed by atoms with E-state index in [2.05, 4.69) is 5.32 Å². The lowest BCUT2D eigenvalue weighted by Crippen LogP contribution is -2.32. The molecule has 0 saturated heterocycles. The van der Waals surface area contributed by atoms with E-state index < -0.39 is 12.0 Å². The molecule has 1 atom stereocenters. The number of aliphatic carboxylic acids is 1. The lowest BCUT2D eigenvalue weighted by molar-refractivity contribution is -0.138. The number of hydrogen-bond acceptors (Lipinski definition) is 4. The molecule has 0 fully saturated rings. The van der Waals surface area contributed by atoms with E-state index in [1.165, 1.54) is 0 Å². The highest BCUT2D eigenvalue weighted by Crippen LogP contribution is 2.33. The number of rotatable bonds is 6. The third-order valence-electron chi connectivity index (χ3n) is 4.83. The normalized spacial score (nSPS) is 14.8. The maximum atomic E-state index is 12.2. The van der Waals surface area contributed by atoms with E-state index in [0.717, 1.165) is 22.4 Å². The van der Waals surface area contributed by atoms with E-state index in [-0.39, 0.29) is 12.3 Å². The van der Waals surface area contributed by atoms with Crippen molar-refractivity contribution in [3.8, 4) is 11.5 Å². The predicted molar refractivity (Wildman–Crippen MR) is 115 cm³/mol. The summed E-state index contributed by atoms with van der Waals surface area (Å²) >= 11 is 0. The van der Waals surface area contributed by atoms with Crippen LogP contribution in [0.1, 0.15) is 16.7 Å². The zero-order valence-electron chi connectivity index (χ0n) is 16.0. The Bertz CT molecular complexity index is 1120. The number of carbonyl (C=O) groups is 2. The van der Waals surface area contributed by atoms with Gasteiger partial charge in [0.05, 0.1) is 0 Å². The van der Waals surface area contributed by atoms with Crippen molar-refractivity contribution in [1.29, 1.82) is 0 Å². The van der Waals surface area contributed by atoms with E-state index in [0.29, 0.717) is 17.1 Å². The number of nitrogens with one attached hydrogen (secondary N) is 1. The van der Waals surface area contributed by atoms with Crippen LogP contribution in [0.25, 0.3) is 11.6 Å². The number of benzene rings is 3. The van der Waals surface area contributed by atoms with Crippen LogP contribution < -0.4 is 15.8 Å². The first-order valence-corrected chi connectivity index (χ1v) is 9.47. The summed E-state index contributed by atoms with van der Waals surface area (Å²) in [5.41, 5.74) is 9.62. The van der Waals surface area contributed by atoms with Crippen LogP contribution in [0.3, 0.4) is 0 Å². The fourth-order valence-electron chi connectivity index (χ4n) is 3.25. The van der Waals surface area contributed by atoms with Gasteiger partial charge in [-0.25, -0.2) is 0 Å². The Morgan fingerprint density at radius 3 is 2.30 bits per heavy atom. The second-order valence-electron chi connectivity index (χ2n) is 7.02. The van der Waals surface area contributed by atoms with Crippen molar-refractivity contribution >= 4 is 29.2 Å². The van der Waals surface area contributed by atoms with Crippen molar-refractivity contribution in [2.24, 2.45) is 5.73 Å². The van der Waals surface area contributed by atoms with Crippen LogP contribution in [0.15, 0.2) is 72.8 Å². The summed E-state index contributed by atoms with van der Waals surface area (Å²) in [5.74, 6) is 0.157. The maximum Gasteiger partial charge on any atom is 0.320 e. The number of para-hydroxylation sites is 1. The number of ether oxygens (including phenoxy) is 1. The minimum atomic E-state index is -1.02. The summed E-state index contributed by atoms with van der Waals surface area (Å²) in [6.45, 7) is 0. The molecule has 1 aliphatic rings. The van der Waals surface area contributed by atoms with E-state index in [4.69, 9.17) is 15.6 Å². The molecule has 4 N–H and O–H groups in total. The Hall–Kier alpha value is -3.90. The van der Waals surface area contributed by atoms with Gasteiger partial charge in [-0.1, -0.05) is 42.5 Å². The quantitative estimate of drug-likeness (QED) is 0.544. The molecule has 0 aromatic heterocycles. The van der Waals surface area contributed by atoms with Gasteiger partial charge in [-0.2, -0.15) is 0 Å². The number of fused-ring (bicyclic) bond motifs is 1. The van der Waals surface area contributed by atoms with Crippen LogP contribution in [0, 0.1) is 0 Å². The molecule has 1 amide bonds. The average Bonchev–Trinajstić information content (AvgIpc) is 3.06. The highest BCUT2D eigenvalue weighted by molar-refractivity contribution is 6.34. The summed E-state index contributed by atoms with van der Waals surface area (Å²) in [7, 11) is 0. The van der Waals surface area contributed by atoms with Crippen molar-refractivity contribution in [2.45, 2.75) is 12.5 Å². The second-order valence-corrected chi connectivity index (χ2v) is 7.02. The molecule has 3 aromatic rings. The number of nitrogens with two attached hydrogens (primary N) is 1. The van der Waals surface area contributed by atoms with Gasteiger partial charge in [0.15, 0.2) is 0 Å². The topological polar surface area (TPSA) is 102 Å². The van der Waals surface area contributed by atoms with Crippen molar-refractivity contribution in [3.05, 3.63) is 89.5 Å². The third kappa shape index (κ3) is 4.24. The standard InChI is InChI=1S/C24H20N2O4/c25-21(24(28)29)14-16-7-11-18(12-8-16)30-17-9-5-15(6-10-17)13-20-19-3-1-2-4-22(19)26-23(20)27/h1-13,21H,14,25H2,(H,26,27)(H,28,29)/t21-/m0/s1. The Kier molecular flexibility index (Phi) is 5.32. The van der Waals surface area contributed by atoms with Gasteiger partial charge in [0.1, 0.15) is 17.5 Å². The van der Waals surface area contributed by atoms with Crippen LogP contribution in [0.4, 0.5) is 5.69 Å². The number of carboxylic acid groups (broad SMARTS) is 1. The van der Waals surface area contributed by atoms with Gasteiger partial charge in [-0.15, -0.1) is 0 Å². The van der Waals surface area contributed by atoms with Crippen molar-refractivity contribution in [3.63, 3.8) is 0 Å². The van der Waals surface area contributed by atoms with Gasteiger partial charge in [-0.3, -0.25) is 9.59 Å². The largest absolute Gasteiger partial charge is 0.480 e. The molecule has 3 aromatic carbocycles. The highest BCUT2D eigenvalue weighted by Gasteiger charge is 2.23. The van der Waals surface area contributed by atoms with Crippen LogP contribution in [-0.4, -0.2) is 23.0 Å². The third-order valence-corrected chi connectivity index (χ3v) is 4.83. The van der Waals surface area contributed by atoms with Crippen LogP contribution in [0.5, 0.6) is 11.5 Å². The molecule has 0 aliphatic carbocycles.